The van der Waals surface area contributed by atoms with Gasteiger partial charge in [-0.05, 0) is 34.3 Å². The maximum Gasteiger partial charge on any atom is 0.174 e. The second-order valence-electron chi connectivity index (χ2n) is 6.29. The van der Waals surface area contributed by atoms with Gasteiger partial charge >= 0.3 is 0 Å². The zero-order valence-electron chi connectivity index (χ0n) is 15.3. The Morgan fingerprint density at radius 2 is 0.929 bits per heavy atom. The molecule has 0 bridgehead atoms. The summed E-state index contributed by atoms with van der Waals surface area (Å²) in [6, 6.07) is 11.1. The van der Waals surface area contributed by atoms with E-state index >= 15 is 0 Å². The Hall–Kier alpha value is -1.93. The summed E-state index contributed by atoms with van der Waals surface area (Å²) in [5.41, 5.74) is 0. The van der Waals surface area contributed by atoms with Crippen molar-refractivity contribution in [3.63, 3.8) is 0 Å². The van der Waals surface area contributed by atoms with Gasteiger partial charge in [0.15, 0.2) is 17.3 Å². The number of hydrogen-bond acceptors (Lipinski definition) is 7. The van der Waals surface area contributed by atoms with E-state index in [1.165, 1.54) is 34.0 Å². The summed E-state index contributed by atoms with van der Waals surface area (Å²) in [7, 11) is 0. The van der Waals surface area contributed by atoms with E-state index in [1.54, 1.807) is 0 Å². The van der Waals surface area contributed by atoms with Gasteiger partial charge in [0, 0.05) is 38.9 Å². The van der Waals surface area contributed by atoms with Gasteiger partial charge in [-0.3, -0.25) is 14.4 Å². The monoisotopic (exact) mass is 431 g/mol. The molecule has 7 heteroatoms. The first-order chi connectivity index (χ1) is 13.6. The van der Waals surface area contributed by atoms with Crippen molar-refractivity contribution < 1.29 is 14.4 Å². The maximum absolute atomic E-state index is 12.3. The van der Waals surface area contributed by atoms with Gasteiger partial charge in [0.2, 0.25) is 0 Å². The Morgan fingerprint density at radius 1 is 0.607 bits per heavy atom. The molecule has 0 aliphatic heterocycles. The van der Waals surface area contributed by atoms with Gasteiger partial charge in [0.05, 0.1) is 14.6 Å². The van der Waals surface area contributed by atoms with Gasteiger partial charge in [-0.15, -0.1) is 34.0 Å². The molecule has 0 N–H and O–H groups in total. The van der Waals surface area contributed by atoms with Crippen LogP contribution in [0.4, 0.5) is 0 Å². The normalized spacial score (nSPS) is 11.0. The van der Waals surface area contributed by atoms with Gasteiger partial charge in [0.25, 0.3) is 0 Å². The molecule has 3 aromatic rings. The van der Waals surface area contributed by atoms with Crippen LogP contribution in [-0.2, 0) is 0 Å². The van der Waals surface area contributed by atoms with Crippen molar-refractivity contribution in [1.29, 1.82) is 0 Å². The first kappa shape index (κ1) is 20.8. The zero-order valence-corrected chi connectivity index (χ0v) is 17.8. The van der Waals surface area contributed by atoms with Crippen LogP contribution in [-0.4, -0.2) is 41.9 Å². The van der Waals surface area contributed by atoms with Crippen molar-refractivity contribution >= 4 is 51.4 Å². The van der Waals surface area contributed by atoms with Gasteiger partial charge in [-0.25, -0.2) is 0 Å². The third-order valence-electron chi connectivity index (χ3n) is 4.35. The molecule has 0 radical (unpaired) electrons. The van der Waals surface area contributed by atoms with Crippen molar-refractivity contribution in [2.45, 2.75) is 19.3 Å². The topological polar surface area (TPSA) is 54.5 Å². The smallest absolute Gasteiger partial charge is 0.174 e. The lowest BCUT2D eigenvalue weighted by molar-refractivity contribution is 0.0936. The van der Waals surface area contributed by atoms with E-state index in [1.807, 2.05) is 52.5 Å². The summed E-state index contributed by atoms with van der Waals surface area (Å²) in [6.07, 6.45) is 1.17. The molecule has 0 aliphatic carbocycles. The second-order valence-corrected chi connectivity index (χ2v) is 9.14. The minimum atomic E-state index is 0.106. The highest BCUT2D eigenvalue weighted by atomic mass is 32.1. The molecule has 0 saturated heterocycles. The number of nitrogens with zero attached hydrogens (tertiary/aromatic N) is 1. The van der Waals surface area contributed by atoms with Crippen LogP contribution in [0.5, 0.6) is 0 Å². The van der Waals surface area contributed by atoms with Crippen LogP contribution < -0.4 is 0 Å². The van der Waals surface area contributed by atoms with Gasteiger partial charge in [-0.2, -0.15) is 0 Å². The van der Waals surface area contributed by atoms with Gasteiger partial charge < -0.3 is 4.90 Å². The second kappa shape index (κ2) is 10.6. The molecule has 0 spiro atoms. The molecule has 0 aliphatic rings. The molecule has 0 amide bonds. The summed E-state index contributed by atoms with van der Waals surface area (Å²) >= 11 is 4.33. The van der Waals surface area contributed by atoms with E-state index in [2.05, 4.69) is 4.90 Å². The number of Topliss-reactive ketones (excluding diaryl/α,β-unsaturated/α-hetero) is 3. The number of carbonyl (C=O) groups excluding carboxylic acids is 3. The Labute approximate surface area is 176 Å². The molecule has 0 unspecified atom stereocenters. The maximum atomic E-state index is 12.3. The Kier molecular flexibility index (Phi) is 7.85. The van der Waals surface area contributed by atoms with E-state index in [-0.39, 0.29) is 17.3 Å². The molecule has 0 saturated carbocycles. The lowest BCUT2D eigenvalue weighted by Crippen LogP contribution is -2.31. The molecular formula is C21H21NO3S3. The van der Waals surface area contributed by atoms with Crippen LogP contribution in [0.15, 0.2) is 52.5 Å². The van der Waals surface area contributed by atoms with Gasteiger partial charge in [-0.1, -0.05) is 18.2 Å². The molecule has 0 atom stereocenters. The first-order valence-electron chi connectivity index (χ1n) is 9.06. The Bertz CT molecular complexity index is 764. The predicted molar refractivity (Wildman–Crippen MR) is 116 cm³/mol. The van der Waals surface area contributed by atoms with E-state index in [9.17, 15) is 14.4 Å². The molecule has 0 fully saturated rings. The van der Waals surface area contributed by atoms with E-state index < -0.39 is 0 Å². The fourth-order valence-electron chi connectivity index (χ4n) is 2.80. The minimum Gasteiger partial charge on any atom is -0.302 e. The predicted octanol–water partition coefficient (Wildman–Crippen LogP) is 5.29. The number of carbonyl (C=O) groups is 3. The molecule has 146 valence electrons. The minimum absolute atomic E-state index is 0.106. The lowest BCUT2D eigenvalue weighted by Gasteiger charge is -2.21. The van der Waals surface area contributed by atoms with Crippen LogP contribution in [0.25, 0.3) is 0 Å². The highest BCUT2D eigenvalue weighted by Crippen LogP contribution is 2.15. The van der Waals surface area contributed by atoms with Crippen molar-refractivity contribution in [3.8, 4) is 0 Å². The third kappa shape index (κ3) is 6.04. The summed E-state index contributed by atoms with van der Waals surface area (Å²) in [5.74, 6) is 0.317. The molecule has 3 heterocycles. The quantitative estimate of drug-likeness (QED) is 0.366. The lowest BCUT2D eigenvalue weighted by atomic mass is 10.1. The number of hydrogen-bond donors (Lipinski definition) is 0. The van der Waals surface area contributed by atoms with Crippen molar-refractivity contribution in [1.82, 2.24) is 4.90 Å². The standard InChI is InChI=1S/C21H21NO3S3/c23-16(19-4-1-13-26-19)7-10-22(11-8-17(24)20-5-2-14-27-20)12-9-18(25)21-6-3-15-28-21/h1-6,13-15H,7-12H2. The largest absolute Gasteiger partial charge is 0.302 e. The summed E-state index contributed by atoms with van der Waals surface area (Å²) < 4.78 is 0. The van der Waals surface area contributed by atoms with Crippen LogP contribution >= 0.6 is 34.0 Å². The average molecular weight is 432 g/mol. The van der Waals surface area contributed by atoms with E-state index in [0.717, 1.165) is 14.6 Å². The number of ketones is 3. The molecule has 0 aromatic carbocycles. The van der Waals surface area contributed by atoms with Crippen LogP contribution in [0.1, 0.15) is 48.3 Å². The number of rotatable bonds is 12. The molecule has 4 nitrogen and oxygen atoms in total. The summed E-state index contributed by atoms with van der Waals surface area (Å²) in [6.45, 7) is 1.64. The van der Waals surface area contributed by atoms with E-state index in [4.69, 9.17) is 0 Å². The first-order valence-corrected chi connectivity index (χ1v) is 11.7. The fourth-order valence-corrected chi connectivity index (χ4v) is 4.88. The molecular weight excluding hydrogens is 410 g/mol. The SMILES string of the molecule is O=C(CCN(CCC(=O)c1cccs1)CCC(=O)c1cccs1)c1cccs1. The van der Waals surface area contributed by atoms with Gasteiger partial charge in [0.1, 0.15) is 0 Å². The highest BCUT2D eigenvalue weighted by molar-refractivity contribution is 7.12. The Balaban J connectivity index is 1.55. The molecule has 28 heavy (non-hydrogen) atoms. The fraction of sp³-hybridized carbons (Fsp3) is 0.286. The van der Waals surface area contributed by atoms with Crippen LogP contribution in [0.3, 0.4) is 0 Å². The van der Waals surface area contributed by atoms with Crippen molar-refractivity contribution in [2.75, 3.05) is 19.6 Å². The summed E-state index contributed by atoms with van der Waals surface area (Å²) in [5, 5.41) is 5.68. The van der Waals surface area contributed by atoms with E-state index in [0.29, 0.717) is 38.9 Å². The average Bonchev–Trinajstić information content (AvgIpc) is 3.48. The summed E-state index contributed by atoms with van der Waals surface area (Å²) in [4.78, 5) is 41.3. The molecule has 3 aromatic heterocycles. The Morgan fingerprint density at radius 3 is 1.18 bits per heavy atom. The number of thiophene rings is 3. The zero-order chi connectivity index (χ0) is 19.8. The van der Waals surface area contributed by atoms with Crippen LogP contribution in [0, 0.1) is 0 Å². The van der Waals surface area contributed by atoms with Crippen LogP contribution in [0.2, 0.25) is 0 Å². The highest BCUT2D eigenvalue weighted by Gasteiger charge is 2.16. The molecule has 3 rings (SSSR count). The van der Waals surface area contributed by atoms with Crippen molar-refractivity contribution in [2.24, 2.45) is 0 Å². The van der Waals surface area contributed by atoms with Crippen molar-refractivity contribution in [3.05, 3.63) is 67.2 Å². The third-order valence-corrected chi connectivity index (χ3v) is 7.09.